The van der Waals surface area contributed by atoms with Crippen molar-refractivity contribution in [2.24, 2.45) is 5.16 Å². The van der Waals surface area contributed by atoms with Crippen LogP contribution in [-0.4, -0.2) is 38.5 Å². The maximum absolute atomic E-state index is 12.2. The number of ether oxygens (including phenoxy) is 3. The second-order valence-electron chi connectivity index (χ2n) is 4.57. The number of carbonyl (C=O) groups excluding carboxylic acids is 2. The maximum Gasteiger partial charge on any atom is 0.361 e. The van der Waals surface area contributed by atoms with Crippen LogP contribution < -0.4 is 9.47 Å². The summed E-state index contributed by atoms with van der Waals surface area (Å²) in [5, 5.41) is 3.71. The van der Waals surface area contributed by atoms with Gasteiger partial charge in [0.25, 0.3) is 0 Å². The van der Waals surface area contributed by atoms with Gasteiger partial charge in [-0.1, -0.05) is 18.5 Å². The van der Waals surface area contributed by atoms with E-state index in [0.717, 1.165) is 12.8 Å². The van der Waals surface area contributed by atoms with Gasteiger partial charge in [-0.25, -0.2) is 4.79 Å². The molecule has 0 bridgehead atoms. The summed E-state index contributed by atoms with van der Waals surface area (Å²) in [6.07, 6.45) is 1.63. The molecule has 0 atom stereocenters. The standard InChI is InChI=1S/C16H21NO6/c1-5-6-9-22-16(19)15(17-21-4)13-10-12(20-3)7-8-14(13)23-11(2)18/h7-8,10H,5-6,9H2,1-4H3/b17-15-. The van der Waals surface area contributed by atoms with Crippen molar-refractivity contribution in [2.75, 3.05) is 20.8 Å². The van der Waals surface area contributed by atoms with Gasteiger partial charge < -0.3 is 19.0 Å². The second-order valence-corrected chi connectivity index (χ2v) is 4.57. The Labute approximate surface area is 135 Å². The van der Waals surface area contributed by atoms with Gasteiger partial charge in [0.1, 0.15) is 18.6 Å². The molecule has 0 aliphatic carbocycles. The summed E-state index contributed by atoms with van der Waals surface area (Å²) in [7, 11) is 2.79. The van der Waals surface area contributed by atoms with Crippen LogP contribution in [0.5, 0.6) is 11.5 Å². The number of carbonyl (C=O) groups is 2. The van der Waals surface area contributed by atoms with E-state index < -0.39 is 11.9 Å². The van der Waals surface area contributed by atoms with Crippen molar-refractivity contribution in [2.45, 2.75) is 26.7 Å². The molecule has 1 rings (SSSR count). The normalized spacial score (nSPS) is 10.9. The summed E-state index contributed by atoms with van der Waals surface area (Å²) in [5.41, 5.74) is 0.154. The first-order valence-corrected chi connectivity index (χ1v) is 7.18. The third-order valence-electron chi connectivity index (χ3n) is 2.80. The molecule has 126 valence electrons. The predicted octanol–water partition coefficient (Wildman–Crippen LogP) is 2.31. The lowest BCUT2D eigenvalue weighted by molar-refractivity contribution is -0.136. The van der Waals surface area contributed by atoms with Gasteiger partial charge in [0, 0.05) is 6.92 Å². The number of oxime groups is 1. The number of unbranched alkanes of at least 4 members (excludes halogenated alkanes) is 1. The molecule has 7 nitrogen and oxygen atoms in total. The molecule has 1 aromatic carbocycles. The first-order chi connectivity index (χ1) is 11.0. The van der Waals surface area contributed by atoms with Crippen molar-refractivity contribution in [1.82, 2.24) is 0 Å². The van der Waals surface area contributed by atoms with Crippen LogP contribution in [-0.2, 0) is 19.2 Å². The van der Waals surface area contributed by atoms with Gasteiger partial charge in [0.2, 0.25) is 0 Å². The van der Waals surface area contributed by atoms with Gasteiger partial charge in [-0.2, -0.15) is 0 Å². The van der Waals surface area contributed by atoms with Crippen LogP contribution in [0.3, 0.4) is 0 Å². The number of hydrogen-bond acceptors (Lipinski definition) is 7. The van der Waals surface area contributed by atoms with Crippen LogP contribution in [0, 0.1) is 0 Å². The molecule has 0 N–H and O–H groups in total. The van der Waals surface area contributed by atoms with E-state index >= 15 is 0 Å². The fraction of sp³-hybridized carbons (Fsp3) is 0.438. The Morgan fingerprint density at radius 3 is 2.52 bits per heavy atom. The van der Waals surface area contributed by atoms with Crippen molar-refractivity contribution in [3.05, 3.63) is 23.8 Å². The first-order valence-electron chi connectivity index (χ1n) is 7.18. The Balaban J connectivity index is 3.20. The highest BCUT2D eigenvalue weighted by Gasteiger charge is 2.22. The number of benzene rings is 1. The number of nitrogens with zero attached hydrogens (tertiary/aromatic N) is 1. The van der Waals surface area contributed by atoms with Crippen molar-refractivity contribution >= 4 is 17.7 Å². The Morgan fingerprint density at radius 1 is 1.22 bits per heavy atom. The lowest BCUT2D eigenvalue weighted by Gasteiger charge is -2.12. The summed E-state index contributed by atoms with van der Waals surface area (Å²) in [5.74, 6) is -0.544. The van der Waals surface area contributed by atoms with Crippen LogP contribution in [0.25, 0.3) is 0 Å². The Bertz CT molecular complexity index is 582. The zero-order valence-corrected chi connectivity index (χ0v) is 13.8. The van der Waals surface area contributed by atoms with E-state index in [4.69, 9.17) is 19.0 Å². The highest BCUT2D eigenvalue weighted by Crippen LogP contribution is 2.26. The van der Waals surface area contributed by atoms with E-state index in [1.165, 1.54) is 33.3 Å². The number of esters is 2. The fourth-order valence-corrected chi connectivity index (χ4v) is 1.73. The molecule has 7 heteroatoms. The molecule has 0 aliphatic heterocycles. The van der Waals surface area contributed by atoms with Crippen LogP contribution in [0.4, 0.5) is 0 Å². The quantitative estimate of drug-likeness (QED) is 0.240. The average Bonchev–Trinajstić information content (AvgIpc) is 2.53. The number of methoxy groups -OCH3 is 1. The van der Waals surface area contributed by atoms with Gasteiger partial charge >= 0.3 is 11.9 Å². The topological polar surface area (TPSA) is 83.4 Å². The Hall–Kier alpha value is -2.57. The van der Waals surface area contributed by atoms with Crippen molar-refractivity contribution < 1.29 is 28.6 Å². The highest BCUT2D eigenvalue weighted by molar-refractivity contribution is 6.43. The van der Waals surface area contributed by atoms with E-state index in [0.29, 0.717) is 5.75 Å². The molecular formula is C16H21NO6. The van der Waals surface area contributed by atoms with Crippen molar-refractivity contribution in [3.63, 3.8) is 0 Å². The van der Waals surface area contributed by atoms with E-state index in [1.807, 2.05) is 6.92 Å². The molecule has 0 saturated carbocycles. The monoisotopic (exact) mass is 323 g/mol. The zero-order chi connectivity index (χ0) is 17.2. The third kappa shape index (κ3) is 5.61. The van der Waals surface area contributed by atoms with Crippen LogP contribution in [0.15, 0.2) is 23.4 Å². The summed E-state index contributed by atoms with van der Waals surface area (Å²) in [4.78, 5) is 28.2. The summed E-state index contributed by atoms with van der Waals surface area (Å²) < 4.78 is 15.4. The van der Waals surface area contributed by atoms with Crippen LogP contribution in [0.1, 0.15) is 32.3 Å². The maximum atomic E-state index is 12.2. The van der Waals surface area contributed by atoms with Crippen molar-refractivity contribution in [3.8, 4) is 11.5 Å². The SMILES string of the molecule is CCCCOC(=O)/C(=N\OC)c1cc(OC)ccc1OC(C)=O. The van der Waals surface area contributed by atoms with E-state index in [-0.39, 0.29) is 23.6 Å². The lowest BCUT2D eigenvalue weighted by Crippen LogP contribution is -2.21. The Kier molecular flexibility index (Phi) is 7.59. The minimum Gasteiger partial charge on any atom is -0.497 e. The van der Waals surface area contributed by atoms with E-state index in [9.17, 15) is 9.59 Å². The molecule has 0 saturated heterocycles. The zero-order valence-electron chi connectivity index (χ0n) is 13.8. The molecule has 0 radical (unpaired) electrons. The summed E-state index contributed by atoms with van der Waals surface area (Å²) >= 11 is 0. The molecule has 0 aliphatic rings. The molecular weight excluding hydrogens is 302 g/mol. The van der Waals surface area contributed by atoms with Crippen LogP contribution >= 0.6 is 0 Å². The van der Waals surface area contributed by atoms with Gasteiger partial charge in [-0.15, -0.1) is 0 Å². The van der Waals surface area contributed by atoms with Gasteiger partial charge in [-0.05, 0) is 24.6 Å². The van der Waals surface area contributed by atoms with E-state index in [1.54, 1.807) is 6.07 Å². The molecule has 1 aromatic rings. The average molecular weight is 323 g/mol. The number of hydrogen-bond donors (Lipinski definition) is 0. The molecule has 0 amide bonds. The second kappa shape index (κ2) is 9.45. The molecule has 0 spiro atoms. The minimum atomic E-state index is -0.665. The summed E-state index contributed by atoms with van der Waals surface area (Å²) in [6.45, 7) is 3.52. The number of rotatable bonds is 8. The van der Waals surface area contributed by atoms with Crippen molar-refractivity contribution in [1.29, 1.82) is 0 Å². The minimum absolute atomic E-state index is 0.0984. The lowest BCUT2D eigenvalue weighted by atomic mass is 10.1. The Morgan fingerprint density at radius 2 is 1.96 bits per heavy atom. The fourth-order valence-electron chi connectivity index (χ4n) is 1.73. The molecule has 0 heterocycles. The van der Waals surface area contributed by atoms with Crippen LogP contribution in [0.2, 0.25) is 0 Å². The van der Waals surface area contributed by atoms with E-state index in [2.05, 4.69) is 5.16 Å². The molecule has 0 aromatic heterocycles. The first kappa shape index (κ1) is 18.5. The van der Waals surface area contributed by atoms with Gasteiger partial charge in [0.15, 0.2) is 5.71 Å². The largest absolute Gasteiger partial charge is 0.497 e. The smallest absolute Gasteiger partial charge is 0.361 e. The molecule has 0 unspecified atom stereocenters. The predicted molar refractivity (Wildman–Crippen MR) is 83.7 cm³/mol. The summed E-state index contributed by atoms with van der Waals surface area (Å²) in [6, 6.07) is 4.64. The highest BCUT2D eigenvalue weighted by atomic mass is 16.6. The van der Waals surface area contributed by atoms with Gasteiger partial charge in [-0.3, -0.25) is 4.79 Å². The molecule has 0 fully saturated rings. The third-order valence-corrected chi connectivity index (χ3v) is 2.80. The van der Waals surface area contributed by atoms with Gasteiger partial charge in [0.05, 0.1) is 19.3 Å². The molecule has 23 heavy (non-hydrogen) atoms.